The minimum Gasteiger partial charge on any atom is -0.467 e. The fourth-order valence-corrected chi connectivity index (χ4v) is 1.23. The highest BCUT2D eigenvalue weighted by molar-refractivity contribution is 5.88. The monoisotopic (exact) mass is 255 g/mol. The van der Waals surface area contributed by atoms with Crippen molar-refractivity contribution in [2.75, 3.05) is 14.2 Å². The zero-order valence-electron chi connectivity index (χ0n) is 9.86. The number of aliphatic hydroxyl groups is 2. The van der Waals surface area contributed by atoms with Crippen LogP contribution < -0.4 is 0 Å². The number of pyridine rings is 1. The predicted molar refractivity (Wildman–Crippen MR) is 58.6 cm³/mol. The second-order valence-corrected chi connectivity index (χ2v) is 3.38. The van der Waals surface area contributed by atoms with E-state index in [-0.39, 0.29) is 11.3 Å². The first kappa shape index (κ1) is 14.1. The molecule has 7 nitrogen and oxygen atoms in total. The molecule has 0 aliphatic carbocycles. The molecule has 0 saturated carbocycles. The third kappa shape index (κ3) is 3.02. The Labute approximate surface area is 103 Å². The van der Waals surface area contributed by atoms with Gasteiger partial charge >= 0.3 is 11.9 Å². The van der Waals surface area contributed by atoms with Crippen LogP contribution in [0.4, 0.5) is 0 Å². The molecule has 1 heterocycles. The molecule has 0 radical (unpaired) electrons. The summed E-state index contributed by atoms with van der Waals surface area (Å²) in [6.07, 6.45) is -2.08. The van der Waals surface area contributed by atoms with E-state index < -0.39 is 24.1 Å². The first-order valence-corrected chi connectivity index (χ1v) is 4.99. The van der Waals surface area contributed by atoms with Gasteiger partial charge < -0.3 is 19.7 Å². The standard InChI is InChI=1S/C11H13NO6/c1-17-10(15)6-3-4-7(12-5-6)8(13)9(14)11(16)18-2/h3-5,8-9,13-14H,1-2H3. The molecule has 98 valence electrons. The van der Waals surface area contributed by atoms with Gasteiger partial charge in [-0.3, -0.25) is 4.98 Å². The molecule has 2 unspecified atom stereocenters. The number of carbonyl (C=O) groups excluding carboxylic acids is 2. The van der Waals surface area contributed by atoms with E-state index in [4.69, 9.17) is 0 Å². The molecule has 1 aromatic heterocycles. The van der Waals surface area contributed by atoms with Crippen LogP contribution in [0, 0.1) is 0 Å². The molecule has 0 bridgehead atoms. The Morgan fingerprint density at radius 2 is 1.89 bits per heavy atom. The maximum absolute atomic E-state index is 11.1. The molecule has 0 spiro atoms. The minimum atomic E-state index is -1.73. The van der Waals surface area contributed by atoms with Gasteiger partial charge in [-0.1, -0.05) is 0 Å². The van der Waals surface area contributed by atoms with Crippen LogP contribution in [-0.2, 0) is 14.3 Å². The maximum Gasteiger partial charge on any atom is 0.339 e. The van der Waals surface area contributed by atoms with E-state index in [0.29, 0.717) is 0 Å². The normalized spacial score (nSPS) is 13.6. The third-order valence-corrected chi connectivity index (χ3v) is 2.25. The molecule has 2 N–H and O–H groups in total. The summed E-state index contributed by atoms with van der Waals surface area (Å²) in [4.78, 5) is 25.9. The van der Waals surface area contributed by atoms with E-state index in [2.05, 4.69) is 14.5 Å². The lowest BCUT2D eigenvalue weighted by atomic mass is 10.1. The summed E-state index contributed by atoms with van der Waals surface area (Å²) in [5.74, 6) is -1.54. The van der Waals surface area contributed by atoms with Gasteiger partial charge in [0, 0.05) is 6.20 Å². The molecule has 18 heavy (non-hydrogen) atoms. The molecule has 1 rings (SSSR count). The van der Waals surface area contributed by atoms with Crippen molar-refractivity contribution < 1.29 is 29.3 Å². The number of hydrogen-bond acceptors (Lipinski definition) is 7. The molecule has 2 atom stereocenters. The van der Waals surface area contributed by atoms with E-state index >= 15 is 0 Å². The molecule has 0 aromatic carbocycles. The second kappa shape index (κ2) is 6.08. The number of esters is 2. The number of methoxy groups -OCH3 is 2. The Bertz CT molecular complexity index is 430. The van der Waals surface area contributed by atoms with Crippen LogP contribution in [0.3, 0.4) is 0 Å². The molecular formula is C11H13NO6. The lowest BCUT2D eigenvalue weighted by Crippen LogP contribution is -2.29. The minimum absolute atomic E-state index is 0.0422. The lowest BCUT2D eigenvalue weighted by Gasteiger charge is -2.15. The topological polar surface area (TPSA) is 106 Å². The van der Waals surface area contributed by atoms with Crippen molar-refractivity contribution >= 4 is 11.9 Å². The van der Waals surface area contributed by atoms with E-state index in [1.165, 1.54) is 25.4 Å². The van der Waals surface area contributed by atoms with Gasteiger partial charge in [0.25, 0.3) is 0 Å². The van der Waals surface area contributed by atoms with Crippen LogP contribution >= 0.6 is 0 Å². The maximum atomic E-state index is 11.1. The highest BCUT2D eigenvalue weighted by Gasteiger charge is 2.27. The van der Waals surface area contributed by atoms with E-state index in [1.54, 1.807) is 0 Å². The lowest BCUT2D eigenvalue weighted by molar-refractivity contribution is -0.157. The number of hydrogen-bond donors (Lipinski definition) is 2. The average molecular weight is 255 g/mol. The van der Waals surface area contributed by atoms with E-state index in [9.17, 15) is 19.8 Å². The van der Waals surface area contributed by atoms with Gasteiger partial charge in [-0.15, -0.1) is 0 Å². The number of rotatable bonds is 4. The smallest absolute Gasteiger partial charge is 0.339 e. The molecule has 0 aliphatic heterocycles. The summed E-state index contributed by atoms with van der Waals surface area (Å²) in [5, 5.41) is 19.1. The fourth-order valence-electron chi connectivity index (χ4n) is 1.23. The largest absolute Gasteiger partial charge is 0.467 e. The van der Waals surface area contributed by atoms with Gasteiger partial charge in [0.05, 0.1) is 25.5 Å². The first-order chi connectivity index (χ1) is 8.51. The fraction of sp³-hybridized carbons (Fsp3) is 0.364. The summed E-state index contributed by atoms with van der Waals surface area (Å²) in [6.45, 7) is 0. The Balaban J connectivity index is 2.85. The quantitative estimate of drug-likeness (QED) is 0.694. The van der Waals surface area contributed by atoms with Crippen LogP contribution in [0.25, 0.3) is 0 Å². The molecule has 0 saturated heterocycles. The van der Waals surface area contributed by atoms with Crippen LogP contribution in [-0.4, -0.2) is 47.5 Å². The van der Waals surface area contributed by atoms with Gasteiger partial charge in [-0.05, 0) is 12.1 Å². The molecular weight excluding hydrogens is 242 g/mol. The predicted octanol–water partition coefficient (Wildman–Crippen LogP) is -0.565. The van der Waals surface area contributed by atoms with E-state index in [1.807, 2.05) is 0 Å². The summed E-state index contributed by atoms with van der Waals surface area (Å²) < 4.78 is 8.76. The van der Waals surface area contributed by atoms with Crippen molar-refractivity contribution in [2.45, 2.75) is 12.2 Å². The highest BCUT2D eigenvalue weighted by Crippen LogP contribution is 2.16. The van der Waals surface area contributed by atoms with Gasteiger partial charge in [-0.25, -0.2) is 9.59 Å². The molecule has 0 aliphatic rings. The number of aromatic nitrogens is 1. The molecule has 7 heteroatoms. The van der Waals surface area contributed by atoms with E-state index in [0.717, 1.165) is 7.11 Å². The second-order valence-electron chi connectivity index (χ2n) is 3.38. The van der Waals surface area contributed by atoms with Gasteiger partial charge in [0.2, 0.25) is 0 Å². The highest BCUT2D eigenvalue weighted by atomic mass is 16.5. The zero-order valence-corrected chi connectivity index (χ0v) is 9.86. The Hall–Kier alpha value is -1.99. The molecule has 0 fully saturated rings. The Morgan fingerprint density at radius 3 is 2.33 bits per heavy atom. The van der Waals surface area contributed by atoms with Crippen molar-refractivity contribution in [1.82, 2.24) is 4.98 Å². The SMILES string of the molecule is COC(=O)c1ccc(C(O)C(O)C(=O)OC)nc1. The molecule has 0 amide bonds. The summed E-state index contributed by atoms with van der Waals surface area (Å²) in [5.41, 5.74) is 0.238. The number of carbonyl (C=O) groups is 2. The summed E-state index contributed by atoms with van der Waals surface area (Å²) >= 11 is 0. The van der Waals surface area contributed by atoms with Crippen LogP contribution in [0.15, 0.2) is 18.3 Å². The van der Waals surface area contributed by atoms with Crippen LogP contribution in [0.1, 0.15) is 22.2 Å². The van der Waals surface area contributed by atoms with Gasteiger partial charge in [0.15, 0.2) is 6.10 Å². The zero-order chi connectivity index (χ0) is 13.7. The average Bonchev–Trinajstić information content (AvgIpc) is 2.44. The summed E-state index contributed by atoms with van der Waals surface area (Å²) in [6, 6.07) is 2.67. The van der Waals surface area contributed by atoms with Crippen LogP contribution in [0.5, 0.6) is 0 Å². The van der Waals surface area contributed by atoms with Crippen molar-refractivity contribution in [2.24, 2.45) is 0 Å². The Kier molecular flexibility index (Phi) is 4.75. The molecule has 1 aromatic rings. The number of aliphatic hydroxyl groups excluding tert-OH is 2. The van der Waals surface area contributed by atoms with Crippen molar-refractivity contribution in [3.63, 3.8) is 0 Å². The van der Waals surface area contributed by atoms with Crippen molar-refractivity contribution in [3.05, 3.63) is 29.6 Å². The van der Waals surface area contributed by atoms with Crippen molar-refractivity contribution in [1.29, 1.82) is 0 Å². The number of ether oxygens (including phenoxy) is 2. The third-order valence-electron chi connectivity index (χ3n) is 2.25. The summed E-state index contributed by atoms with van der Waals surface area (Å²) in [7, 11) is 2.32. The van der Waals surface area contributed by atoms with Gasteiger partial charge in [-0.2, -0.15) is 0 Å². The van der Waals surface area contributed by atoms with Gasteiger partial charge in [0.1, 0.15) is 6.10 Å². The van der Waals surface area contributed by atoms with Crippen LogP contribution in [0.2, 0.25) is 0 Å². The number of nitrogens with zero attached hydrogens (tertiary/aromatic N) is 1. The first-order valence-electron chi connectivity index (χ1n) is 4.99. The van der Waals surface area contributed by atoms with Crippen molar-refractivity contribution in [3.8, 4) is 0 Å². The Morgan fingerprint density at radius 1 is 1.22 bits per heavy atom.